The number of hydrogen-bond donors (Lipinski definition) is 1. The smallest absolute Gasteiger partial charge is 0.331 e. The summed E-state index contributed by atoms with van der Waals surface area (Å²) >= 11 is 0. The zero-order valence-electron chi connectivity index (χ0n) is 11.5. The van der Waals surface area contributed by atoms with Crippen LogP contribution in [0.1, 0.15) is 64.1 Å². The van der Waals surface area contributed by atoms with Gasteiger partial charge in [0.1, 0.15) is 0 Å². The molecular formula is C13H20N4O2. The third kappa shape index (κ3) is 1.69. The van der Waals surface area contributed by atoms with E-state index in [0.717, 1.165) is 31.5 Å². The topological polar surface area (TPSA) is 80.9 Å². The van der Waals surface area contributed by atoms with Gasteiger partial charge in [-0.2, -0.15) is 0 Å². The lowest BCUT2D eigenvalue weighted by molar-refractivity contribution is -0.153. The highest BCUT2D eigenvalue weighted by Gasteiger charge is 2.51. The first-order valence-corrected chi connectivity index (χ1v) is 6.99. The molecule has 2 fully saturated rings. The number of carbonyl (C=O) groups is 1. The molecule has 0 spiro atoms. The molecule has 6 nitrogen and oxygen atoms in total. The van der Waals surface area contributed by atoms with Crippen LogP contribution in [0.4, 0.5) is 0 Å². The molecule has 19 heavy (non-hydrogen) atoms. The van der Waals surface area contributed by atoms with Crippen molar-refractivity contribution in [3.05, 3.63) is 5.82 Å². The Kier molecular flexibility index (Phi) is 2.66. The predicted molar refractivity (Wildman–Crippen MR) is 67.7 cm³/mol. The fourth-order valence-electron chi connectivity index (χ4n) is 3.55. The van der Waals surface area contributed by atoms with E-state index in [1.54, 1.807) is 4.68 Å². The van der Waals surface area contributed by atoms with Crippen molar-refractivity contribution in [1.29, 1.82) is 0 Å². The molecule has 1 atom stereocenters. The Bertz CT molecular complexity index is 504. The summed E-state index contributed by atoms with van der Waals surface area (Å²) in [7, 11) is 0. The molecule has 104 valence electrons. The maximum absolute atomic E-state index is 11.6. The lowest BCUT2D eigenvalue weighted by Crippen LogP contribution is -2.49. The number of hydrogen-bond acceptors (Lipinski definition) is 4. The highest BCUT2D eigenvalue weighted by atomic mass is 16.4. The molecular weight excluding hydrogens is 244 g/mol. The summed E-state index contributed by atoms with van der Waals surface area (Å²) in [5.74, 6) is 0.229. The van der Waals surface area contributed by atoms with E-state index in [-0.39, 0.29) is 11.3 Å². The zero-order valence-corrected chi connectivity index (χ0v) is 11.5. The second kappa shape index (κ2) is 4.02. The van der Waals surface area contributed by atoms with Gasteiger partial charge >= 0.3 is 5.97 Å². The Morgan fingerprint density at radius 1 is 1.32 bits per heavy atom. The Morgan fingerprint density at radius 2 is 2.05 bits per heavy atom. The fourth-order valence-corrected chi connectivity index (χ4v) is 3.55. The molecule has 0 amide bonds. The highest BCUT2D eigenvalue weighted by molar-refractivity contribution is 5.77. The predicted octanol–water partition coefficient (Wildman–Crippen LogP) is 1.93. The molecule has 0 aromatic carbocycles. The second-order valence-electron chi connectivity index (χ2n) is 6.57. The Morgan fingerprint density at radius 3 is 2.53 bits per heavy atom. The summed E-state index contributed by atoms with van der Waals surface area (Å²) in [5, 5.41) is 21.5. The lowest BCUT2D eigenvalue weighted by atomic mass is 9.75. The van der Waals surface area contributed by atoms with Gasteiger partial charge in [-0.25, -0.2) is 9.48 Å². The minimum Gasteiger partial charge on any atom is -0.479 e. The SMILES string of the molecule is CC1(C)CCCC1c1nnnn1C1(C(=O)O)CCC1. The van der Waals surface area contributed by atoms with Gasteiger partial charge in [0.15, 0.2) is 11.4 Å². The molecule has 0 saturated heterocycles. The molecule has 6 heteroatoms. The van der Waals surface area contributed by atoms with Crippen molar-refractivity contribution in [3.63, 3.8) is 0 Å². The first kappa shape index (κ1) is 12.6. The minimum absolute atomic E-state index is 0.149. The van der Waals surface area contributed by atoms with E-state index in [1.807, 2.05) is 0 Å². The summed E-state index contributed by atoms with van der Waals surface area (Å²) in [5.41, 5.74) is -0.743. The lowest BCUT2D eigenvalue weighted by Gasteiger charge is -2.39. The molecule has 2 aliphatic carbocycles. The van der Waals surface area contributed by atoms with Crippen LogP contribution in [0.2, 0.25) is 0 Å². The van der Waals surface area contributed by atoms with Gasteiger partial charge in [0.05, 0.1) is 0 Å². The second-order valence-corrected chi connectivity index (χ2v) is 6.57. The van der Waals surface area contributed by atoms with E-state index < -0.39 is 11.5 Å². The van der Waals surface area contributed by atoms with Gasteiger partial charge in [0.25, 0.3) is 0 Å². The summed E-state index contributed by atoms with van der Waals surface area (Å²) < 4.78 is 1.61. The van der Waals surface area contributed by atoms with Crippen molar-refractivity contribution in [2.24, 2.45) is 5.41 Å². The van der Waals surface area contributed by atoms with Gasteiger partial charge in [0.2, 0.25) is 0 Å². The molecule has 0 aliphatic heterocycles. The zero-order chi connectivity index (χ0) is 13.7. The van der Waals surface area contributed by atoms with E-state index in [2.05, 4.69) is 29.4 Å². The first-order chi connectivity index (χ1) is 8.97. The van der Waals surface area contributed by atoms with Gasteiger partial charge in [0, 0.05) is 5.92 Å². The normalized spacial score (nSPS) is 28.0. The number of rotatable bonds is 3. The number of nitrogens with zero attached hydrogens (tertiary/aromatic N) is 4. The third-order valence-electron chi connectivity index (χ3n) is 5.05. The van der Waals surface area contributed by atoms with Crippen molar-refractivity contribution >= 4 is 5.97 Å². The molecule has 3 rings (SSSR count). The van der Waals surface area contributed by atoms with Crippen LogP contribution in [0.3, 0.4) is 0 Å². The number of carboxylic acids is 1. The van der Waals surface area contributed by atoms with Crippen LogP contribution in [0.25, 0.3) is 0 Å². The van der Waals surface area contributed by atoms with Crippen LogP contribution in [-0.2, 0) is 10.3 Å². The van der Waals surface area contributed by atoms with Crippen molar-refractivity contribution in [2.75, 3.05) is 0 Å². The van der Waals surface area contributed by atoms with Gasteiger partial charge in [-0.3, -0.25) is 0 Å². The fraction of sp³-hybridized carbons (Fsp3) is 0.846. The van der Waals surface area contributed by atoms with E-state index in [0.29, 0.717) is 12.8 Å². The highest BCUT2D eigenvalue weighted by Crippen LogP contribution is 2.50. The Labute approximate surface area is 112 Å². The number of tetrazole rings is 1. The molecule has 1 aromatic rings. The van der Waals surface area contributed by atoms with Gasteiger partial charge in [-0.1, -0.05) is 20.3 Å². The van der Waals surface area contributed by atoms with Crippen molar-refractivity contribution in [2.45, 2.75) is 63.8 Å². The average Bonchev–Trinajstić information content (AvgIpc) is 2.82. The maximum atomic E-state index is 11.6. The van der Waals surface area contributed by atoms with Crippen LogP contribution in [-0.4, -0.2) is 31.3 Å². The van der Waals surface area contributed by atoms with Crippen LogP contribution >= 0.6 is 0 Å². The van der Waals surface area contributed by atoms with Crippen molar-refractivity contribution in [3.8, 4) is 0 Å². The Hall–Kier alpha value is -1.46. The molecule has 1 N–H and O–H groups in total. The standard InChI is InChI=1S/C13H20N4O2/c1-12(2)6-3-5-9(12)10-14-15-16-17(10)13(11(18)19)7-4-8-13/h9H,3-8H2,1-2H3,(H,18,19). The summed E-state index contributed by atoms with van der Waals surface area (Å²) in [6, 6.07) is 0. The summed E-state index contributed by atoms with van der Waals surface area (Å²) in [4.78, 5) is 11.6. The summed E-state index contributed by atoms with van der Waals surface area (Å²) in [6.07, 6.45) is 5.54. The number of carboxylic acid groups (broad SMARTS) is 1. The number of aromatic nitrogens is 4. The van der Waals surface area contributed by atoms with E-state index in [9.17, 15) is 9.90 Å². The molecule has 0 radical (unpaired) electrons. The van der Waals surface area contributed by atoms with Crippen molar-refractivity contribution < 1.29 is 9.90 Å². The van der Waals surface area contributed by atoms with Gasteiger partial charge in [-0.05, 0) is 47.9 Å². The number of aliphatic carboxylic acids is 1. The average molecular weight is 264 g/mol. The van der Waals surface area contributed by atoms with E-state index in [4.69, 9.17) is 0 Å². The van der Waals surface area contributed by atoms with E-state index in [1.165, 1.54) is 0 Å². The largest absolute Gasteiger partial charge is 0.479 e. The van der Waals surface area contributed by atoms with Gasteiger partial charge in [-0.15, -0.1) is 5.10 Å². The molecule has 2 saturated carbocycles. The maximum Gasteiger partial charge on any atom is 0.331 e. The molecule has 1 heterocycles. The van der Waals surface area contributed by atoms with Crippen molar-refractivity contribution in [1.82, 2.24) is 20.2 Å². The third-order valence-corrected chi connectivity index (χ3v) is 5.05. The molecule has 1 aromatic heterocycles. The monoisotopic (exact) mass is 264 g/mol. The summed E-state index contributed by atoms with van der Waals surface area (Å²) in [6.45, 7) is 4.44. The minimum atomic E-state index is -0.891. The first-order valence-electron chi connectivity index (χ1n) is 6.99. The quantitative estimate of drug-likeness (QED) is 0.902. The van der Waals surface area contributed by atoms with Gasteiger partial charge < -0.3 is 5.11 Å². The van der Waals surface area contributed by atoms with Crippen LogP contribution in [0.5, 0.6) is 0 Å². The molecule has 2 aliphatic rings. The van der Waals surface area contributed by atoms with Crippen LogP contribution in [0.15, 0.2) is 0 Å². The van der Waals surface area contributed by atoms with Crippen LogP contribution in [0, 0.1) is 5.41 Å². The van der Waals surface area contributed by atoms with Crippen LogP contribution < -0.4 is 0 Å². The van der Waals surface area contributed by atoms with E-state index >= 15 is 0 Å². The molecule has 0 bridgehead atoms. The molecule has 1 unspecified atom stereocenters. The Balaban J connectivity index is 2.01.